The molecule has 5 atom stereocenters. The van der Waals surface area contributed by atoms with Gasteiger partial charge in [-0.15, -0.1) is 0 Å². The summed E-state index contributed by atoms with van der Waals surface area (Å²) >= 11 is 0. The number of rotatable bonds is 35. The van der Waals surface area contributed by atoms with Gasteiger partial charge >= 0.3 is 12.1 Å². The molecule has 0 bridgehead atoms. The maximum atomic E-state index is 14.4. The molecule has 27 nitrogen and oxygen atoms in total. The molecule has 5 aliphatic heterocycles. The molecule has 7 N–H and O–H groups in total. The van der Waals surface area contributed by atoms with E-state index in [1.165, 1.54) is 12.7 Å². The molecule has 10 rings (SSSR count). The molecule has 0 unspecified atom stereocenters. The van der Waals surface area contributed by atoms with Crippen LogP contribution in [-0.2, 0) is 75.6 Å². The fourth-order valence-electron chi connectivity index (χ4n) is 13.0. The van der Waals surface area contributed by atoms with E-state index < -0.39 is 59.4 Å². The number of unbranched alkanes of at least 4 members (excludes halogenated alkanes) is 2. The van der Waals surface area contributed by atoms with Crippen LogP contribution in [0.5, 0.6) is 17.2 Å². The maximum Gasteiger partial charge on any atom is 0.411 e. The Morgan fingerprint density at radius 1 is 0.625 bits per heavy atom. The zero-order valence-corrected chi connectivity index (χ0v) is 59.1. The van der Waals surface area contributed by atoms with Crippen LogP contribution in [0.3, 0.4) is 0 Å². The van der Waals surface area contributed by atoms with E-state index in [-0.39, 0.29) is 120 Å². The van der Waals surface area contributed by atoms with Gasteiger partial charge in [0.25, 0.3) is 23.6 Å². The second-order valence-corrected chi connectivity index (χ2v) is 26.8. The number of fused-ring (bicyclic) bond motifs is 6. The molecule has 0 aliphatic carbocycles. The van der Waals surface area contributed by atoms with Crippen LogP contribution in [0.1, 0.15) is 133 Å². The SMILES string of the molecule is COc1cc2c(cc1OCCCCCOc1cc3c(cc1C)C(=O)N1Cc4ccccc4C[C@H]1C=N3)N=C[C@@H]1Cc3ccc(NC(=O)OCc4ccc(NC(=O)[C@H](CCCNC(N)=O)CC(=O)[C@@H](NC(=O)[C@H](C)CC(=O)CCOCCNC(=O)CCN5C(=O)C=CC5=O)C(C)C)cc4)cc3CN1C2=O. The van der Waals surface area contributed by atoms with Crippen LogP contribution in [0.2, 0.25) is 0 Å². The number of nitrogens with one attached hydrogen (secondary N) is 5. The first kappa shape index (κ1) is 75.6. The minimum atomic E-state index is -0.994. The molecule has 0 aromatic heterocycles. The first-order valence-corrected chi connectivity index (χ1v) is 35.2. The third kappa shape index (κ3) is 20.0. The molecular weight excluding hydrogens is 1330 g/mol. The monoisotopic (exact) mass is 1420 g/mol. The summed E-state index contributed by atoms with van der Waals surface area (Å²) in [6.07, 6.45) is 8.75. The number of Topliss-reactive ketones (excluding diaryl/α,β-unsaturated/α-hetero) is 2. The Bertz CT molecular complexity index is 4150. The zero-order chi connectivity index (χ0) is 74.0. The van der Waals surface area contributed by atoms with Gasteiger partial charge in [-0.1, -0.05) is 63.2 Å². The van der Waals surface area contributed by atoms with E-state index in [0.29, 0.717) is 89.3 Å². The Kier molecular flexibility index (Phi) is 25.9. The lowest BCUT2D eigenvalue weighted by Crippen LogP contribution is -2.47. The molecule has 104 heavy (non-hydrogen) atoms. The molecule has 0 fully saturated rings. The highest BCUT2D eigenvalue weighted by atomic mass is 16.5. The van der Waals surface area contributed by atoms with Crippen LogP contribution in [0.25, 0.3) is 0 Å². The fourth-order valence-corrected chi connectivity index (χ4v) is 13.0. The minimum absolute atomic E-state index is 0.00304. The molecular formula is C77H89N11O16. The minimum Gasteiger partial charge on any atom is -0.493 e. The standard InChI is InChI=1S/C77H89N11O16/c1-46(2)71(85-72(94)48(4)32-59(89)24-30-101-31-26-79-68(91)23-27-86-69(92)21-22-70(86)93)64(90)37-52(14-11-25-80-76(78)98)73(95)83-55-18-15-49(16-19-55)45-104-77(99)84-56-20-17-51-36-58-42-82-63-40-67(66(100-5)38-61(63)75(97)88(58)44-54(51)34-56)103-29-10-6-9-28-102-65-39-62-60(33-47(65)3)74(96)87-43-53-13-8-7-12-50(53)35-57(87)41-81-62/h7-8,12-13,15-22,33-34,38-42,46,48,52,57-58,71H,6,9-11,14,23-32,35-37,43-45H2,1-5H3,(H,79,91)(H,83,95)(H,84,99)(H,85,94)(H3,78,80,98)/t48-,52-,57+,58+,71+/m1/s1. The van der Waals surface area contributed by atoms with Gasteiger partial charge in [0.05, 0.1) is 74.2 Å². The summed E-state index contributed by atoms with van der Waals surface area (Å²) < 4.78 is 29.3. The van der Waals surface area contributed by atoms with E-state index in [1.807, 2.05) is 54.4 Å². The van der Waals surface area contributed by atoms with Crippen LogP contribution in [0, 0.1) is 24.7 Å². The highest BCUT2D eigenvalue weighted by molar-refractivity contribution is 6.13. The first-order valence-electron chi connectivity index (χ1n) is 35.2. The number of hydrogen-bond donors (Lipinski definition) is 6. The van der Waals surface area contributed by atoms with Gasteiger partial charge in [-0.05, 0) is 128 Å². The number of ketones is 2. The van der Waals surface area contributed by atoms with E-state index in [2.05, 4.69) is 38.7 Å². The van der Waals surface area contributed by atoms with E-state index in [4.69, 9.17) is 39.4 Å². The van der Waals surface area contributed by atoms with Gasteiger partial charge in [0.2, 0.25) is 17.7 Å². The molecule has 0 spiro atoms. The van der Waals surface area contributed by atoms with E-state index in [1.54, 1.807) is 74.4 Å². The van der Waals surface area contributed by atoms with Crippen molar-refractivity contribution < 1.29 is 76.4 Å². The number of anilines is 2. The number of benzene rings is 5. The Balaban J connectivity index is 0.641. The molecule has 5 aliphatic rings. The summed E-state index contributed by atoms with van der Waals surface area (Å²) in [5.41, 5.74) is 13.8. The summed E-state index contributed by atoms with van der Waals surface area (Å²) in [5, 5.41) is 13.5. The lowest BCUT2D eigenvalue weighted by atomic mass is 9.89. The molecule has 5 heterocycles. The van der Waals surface area contributed by atoms with Crippen molar-refractivity contribution in [1.82, 2.24) is 30.7 Å². The Labute approximate surface area is 603 Å². The van der Waals surface area contributed by atoms with Gasteiger partial charge < -0.3 is 60.5 Å². The Morgan fingerprint density at radius 3 is 1.93 bits per heavy atom. The number of nitrogens with two attached hydrogens (primary N) is 1. The average Bonchev–Trinajstić information content (AvgIpc) is 1.54. The fraction of sp³-hybridized carbons (Fsp3) is 0.416. The van der Waals surface area contributed by atoms with Gasteiger partial charge in [0.15, 0.2) is 17.3 Å². The number of aryl methyl sites for hydroxylation is 1. The number of nitrogens with zero attached hydrogens (tertiary/aromatic N) is 5. The molecule has 0 radical (unpaired) electrons. The topological polar surface area (TPSA) is 355 Å². The predicted molar refractivity (Wildman–Crippen MR) is 386 cm³/mol. The van der Waals surface area contributed by atoms with Crippen LogP contribution in [0.4, 0.5) is 32.3 Å². The van der Waals surface area contributed by atoms with E-state index >= 15 is 0 Å². The number of aliphatic imine (C=N–C) groups is 2. The summed E-state index contributed by atoms with van der Waals surface area (Å²) in [6, 6.07) is 25.2. The highest BCUT2D eigenvalue weighted by Crippen LogP contribution is 2.40. The molecule has 5 aromatic carbocycles. The van der Waals surface area contributed by atoms with Crippen molar-refractivity contribution in [2.45, 2.75) is 136 Å². The van der Waals surface area contributed by atoms with Gasteiger partial charge in [-0.2, -0.15) is 0 Å². The molecule has 0 saturated heterocycles. The van der Waals surface area contributed by atoms with Gasteiger partial charge in [-0.3, -0.25) is 63.4 Å². The summed E-state index contributed by atoms with van der Waals surface area (Å²) in [4.78, 5) is 157. The maximum absolute atomic E-state index is 14.4. The number of carbonyl (C=O) groups excluding carboxylic acids is 11. The molecule has 10 amide bonds. The summed E-state index contributed by atoms with van der Waals surface area (Å²) in [5.74, 6) is -3.80. The van der Waals surface area contributed by atoms with E-state index in [9.17, 15) is 52.7 Å². The molecule has 0 saturated carbocycles. The molecule has 548 valence electrons. The number of methoxy groups -OCH3 is 1. The van der Waals surface area contributed by atoms with Crippen molar-refractivity contribution in [3.8, 4) is 17.2 Å². The third-order valence-corrected chi connectivity index (χ3v) is 18.8. The number of primary amides is 1. The number of ether oxygens (including phenoxy) is 5. The average molecular weight is 1420 g/mol. The van der Waals surface area contributed by atoms with Gasteiger partial charge in [0, 0.05) is 118 Å². The first-order chi connectivity index (χ1) is 50.1. The zero-order valence-electron chi connectivity index (χ0n) is 59.1. The van der Waals surface area contributed by atoms with Gasteiger partial charge in [0.1, 0.15) is 18.1 Å². The number of urea groups is 1. The molecule has 27 heteroatoms. The normalized spacial score (nSPS) is 16.3. The number of hydrogen-bond acceptors (Lipinski definition) is 18. The lowest BCUT2D eigenvalue weighted by molar-refractivity contribution is -0.137. The van der Waals surface area contributed by atoms with Crippen molar-refractivity contribution in [3.63, 3.8) is 0 Å². The second-order valence-electron chi connectivity index (χ2n) is 26.8. The Hall–Kier alpha value is -11.1. The van der Waals surface area contributed by atoms with Crippen molar-refractivity contribution >= 4 is 100 Å². The predicted octanol–water partition coefficient (Wildman–Crippen LogP) is 8.48. The van der Waals surface area contributed by atoms with E-state index in [0.717, 1.165) is 65.0 Å². The number of carbonyl (C=O) groups is 11. The second kappa shape index (κ2) is 35.7. The van der Waals surface area contributed by atoms with Crippen molar-refractivity contribution in [3.05, 3.63) is 148 Å². The third-order valence-electron chi connectivity index (χ3n) is 18.8. The largest absolute Gasteiger partial charge is 0.493 e. The van der Waals surface area contributed by atoms with Crippen LogP contribution < -0.4 is 46.5 Å². The summed E-state index contributed by atoms with van der Waals surface area (Å²) in [6.45, 7) is 8.91. The quantitative estimate of drug-likeness (QED) is 0.0163. The van der Waals surface area contributed by atoms with Crippen LogP contribution >= 0.6 is 0 Å². The van der Waals surface area contributed by atoms with Crippen LogP contribution in [-0.4, -0.2) is 163 Å². The van der Waals surface area contributed by atoms with Crippen molar-refractivity contribution in [2.24, 2.45) is 33.5 Å². The smallest absolute Gasteiger partial charge is 0.411 e. The number of amides is 10. The molecule has 5 aromatic rings. The van der Waals surface area contributed by atoms with Gasteiger partial charge in [-0.25, -0.2) is 9.59 Å². The van der Waals surface area contributed by atoms with Crippen LogP contribution in [0.15, 0.2) is 113 Å². The van der Waals surface area contributed by atoms with Crippen molar-refractivity contribution in [1.29, 1.82) is 0 Å². The lowest BCUT2D eigenvalue weighted by Gasteiger charge is -2.34. The highest BCUT2D eigenvalue weighted by Gasteiger charge is 2.37. The Morgan fingerprint density at radius 2 is 1.26 bits per heavy atom. The van der Waals surface area contributed by atoms with Crippen molar-refractivity contribution in [2.75, 3.05) is 63.8 Å². The number of imide groups is 1. The summed E-state index contributed by atoms with van der Waals surface area (Å²) in [7, 11) is 1.52.